The molecule has 19 heavy (non-hydrogen) atoms. The van der Waals surface area contributed by atoms with Gasteiger partial charge in [0.25, 0.3) is 10.0 Å². The van der Waals surface area contributed by atoms with Gasteiger partial charge in [0, 0.05) is 12.6 Å². The summed E-state index contributed by atoms with van der Waals surface area (Å²) in [7, 11) is -3.78. The summed E-state index contributed by atoms with van der Waals surface area (Å²) in [4.78, 5) is 10.5. The molecule has 6 nitrogen and oxygen atoms in total. The Bertz CT molecular complexity index is 536. The van der Waals surface area contributed by atoms with Crippen molar-refractivity contribution in [1.29, 1.82) is 0 Å². The molecule has 0 spiro atoms. The van der Waals surface area contributed by atoms with Gasteiger partial charge in [0.2, 0.25) is 5.09 Å². The largest absolute Gasteiger partial charge is 0.440 e. The molecule has 0 saturated heterocycles. The molecule has 2 unspecified atom stereocenters. The zero-order valence-electron chi connectivity index (χ0n) is 10.4. The summed E-state index contributed by atoms with van der Waals surface area (Å²) in [6.07, 6.45) is 3.89. The van der Waals surface area contributed by atoms with E-state index in [4.69, 9.17) is 4.42 Å². The van der Waals surface area contributed by atoms with Gasteiger partial charge >= 0.3 is 0 Å². The summed E-state index contributed by atoms with van der Waals surface area (Å²) in [5, 5.41) is 9.00. The molecule has 106 valence electrons. The Balaban J connectivity index is 2.13. The fourth-order valence-electron chi connectivity index (χ4n) is 2.38. The molecule has 2 atom stereocenters. The molecule has 1 aliphatic carbocycles. The van der Waals surface area contributed by atoms with Crippen LogP contribution >= 0.6 is 0 Å². The molecule has 7 heteroatoms. The number of furan rings is 1. The minimum absolute atomic E-state index is 0.0253. The predicted molar refractivity (Wildman–Crippen MR) is 67.2 cm³/mol. The van der Waals surface area contributed by atoms with Crippen LogP contribution in [0, 0.1) is 5.92 Å². The Kier molecular flexibility index (Phi) is 4.38. The Morgan fingerprint density at radius 3 is 2.74 bits per heavy atom. The summed E-state index contributed by atoms with van der Waals surface area (Å²) in [5.74, 6) is -0.0910. The van der Waals surface area contributed by atoms with Gasteiger partial charge in [0.05, 0.1) is 0 Å². The molecule has 2 N–H and O–H groups in total. The van der Waals surface area contributed by atoms with Crippen molar-refractivity contribution in [1.82, 2.24) is 4.72 Å². The molecule has 0 amide bonds. The zero-order valence-corrected chi connectivity index (χ0v) is 11.2. The van der Waals surface area contributed by atoms with Gasteiger partial charge in [0.15, 0.2) is 12.0 Å². The van der Waals surface area contributed by atoms with Crippen molar-refractivity contribution in [2.45, 2.75) is 36.8 Å². The minimum atomic E-state index is -3.78. The highest BCUT2D eigenvalue weighted by Gasteiger charge is 2.30. The van der Waals surface area contributed by atoms with Crippen LogP contribution in [-0.2, 0) is 10.0 Å². The first-order valence-electron chi connectivity index (χ1n) is 6.25. The standard InChI is InChI=1S/C12H17NO5S/c14-7-9-3-1-2-4-11(9)13-19(16,17)12-6-5-10(8-15)18-12/h5-6,8-9,11,13-14H,1-4,7H2. The highest BCUT2D eigenvalue weighted by Crippen LogP contribution is 2.25. The van der Waals surface area contributed by atoms with E-state index in [0.29, 0.717) is 12.7 Å². The number of carbonyl (C=O) groups excluding carboxylic acids is 1. The molecular formula is C12H17NO5S. The van der Waals surface area contributed by atoms with Crippen LogP contribution in [0.4, 0.5) is 0 Å². The highest BCUT2D eigenvalue weighted by molar-refractivity contribution is 7.89. The van der Waals surface area contributed by atoms with Crippen LogP contribution in [0.1, 0.15) is 36.2 Å². The maximum atomic E-state index is 12.1. The molecule has 0 aromatic carbocycles. The number of aliphatic hydroxyl groups is 1. The van der Waals surface area contributed by atoms with E-state index >= 15 is 0 Å². The monoisotopic (exact) mass is 287 g/mol. The fraction of sp³-hybridized carbons (Fsp3) is 0.583. The van der Waals surface area contributed by atoms with Crippen molar-refractivity contribution in [3.8, 4) is 0 Å². The number of sulfonamides is 1. The van der Waals surface area contributed by atoms with Gasteiger partial charge in [-0.25, -0.2) is 13.1 Å². The first-order valence-corrected chi connectivity index (χ1v) is 7.73. The van der Waals surface area contributed by atoms with Crippen molar-refractivity contribution in [2.24, 2.45) is 5.92 Å². The van der Waals surface area contributed by atoms with Crippen molar-refractivity contribution in [3.05, 3.63) is 17.9 Å². The van der Waals surface area contributed by atoms with E-state index in [9.17, 15) is 18.3 Å². The maximum Gasteiger partial charge on any atom is 0.274 e. The first-order chi connectivity index (χ1) is 9.06. The molecule has 1 aromatic rings. The highest BCUT2D eigenvalue weighted by atomic mass is 32.2. The van der Waals surface area contributed by atoms with Gasteiger partial charge in [-0.1, -0.05) is 12.8 Å². The Hall–Kier alpha value is -1.18. The van der Waals surface area contributed by atoms with Crippen LogP contribution < -0.4 is 4.72 Å². The van der Waals surface area contributed by atoms with Crippen LogP contribution in [0.15, 0.2) is 21.6 Å². The summed E-state index contributed by atoms with van der Waals surface area (Å²) in [6.45, 7) is -0.0368. The van der Waals surface area contributed by atoms with Crippen molar-refractivity contribution < 1.29 is 22.7 Å². The van der Waals surface area contributed by atoms with Crippen LogP contribution in [0.5, 0.6) is 0 Å². The molecule has 1 heterocycles. The summed E-state index contributed by atoms with van der Waals surface area (Å²) in [6, 6.07) is 2.28. The summed E-state index contributed by atoms with van der Waals surface area (Å²) < 4.78 is 31.7. The van der Waals surface area contributed by atoms with E-state index in [1.54, 1.807) is 0 Å². The van der Waals surface area contributed by atoms with E-state index in [2.05, 4.69) is 4.72 Å². The van der Waals surface area contributed by atoms with Gasteiger partial charge in [0.1, 0.15) is 0 Å². The lowest BCUT2D eigenvalue weighted by Crippen LogP contribution is -2.43. The summed E-state index contributed by atoms with van der Waals surface area (Å²) >= 11 is 0. The van der Waals surface area contributed by atoms with E-state index < -0.39 is 10.0 Å². The molecule has 1 aliphatic rings. The minimum Gasteiger partial charge on any atom is -0.440 e. The third-order valence-electron chi connectivity index (χ3n) is 3.43. The van der Waals surface area contributed by atoms with Gasteiger partial charge in [-0.2, -0.15) is 0 Å². The fourth-order valence-corrected chi connectivity index (χ4v) is 3.66. The number of rotatable bonds is 5. The second-order valence-corrected chi connectivity index (χ2v) is 6.37. The number of carbonyl (C=O) groups is 1. The van der Waals surface area contributed by atoms with E-state index in [0.717, 1.165) is 19.3 Å². The predicted octanol–water partition coefficient (Wildman–Crippen LogP) is 0.921. The van der Waals surface area contributed by atoms with Crippen LogP contribution in [0.3, 0.4) is 0 Å². The molecule has 2 rings (SSSR count). The molecule has 1 aromatic heterocycles. The Labute approximate surface area is 111 Å². The summed E-state index contributed by atoms with van der Waals surface area (Å²) in [5.41, 5.74) is 0. The molecular weight excluding hydrogens is 270 g/mol. The van der Waals surface area contributed by atoms with E-state index in [1.807, 2.05) is 0 Å². The lowest BCUT2D eigenvalue weighted by Gasteiger charge is -2.30. The molecule has 1 fully saturated rings. The van der Waals surface area contributed by atoms with Gasteiger partial charge in [-0.3, -0.25) is 4.79 Å². The topological polar surface area (TPSA) is 96.6 Å². The van der Waals surface area contributed by atoms with E-state index in [-0.39, 0.29) is 29.4 Å². The smallest absolute Gasteiger partial charge is 0.274 e. The van der Waals surface area contributed by atoms with Gasteiger partial charge in [-0.05, 0) is 30.9 Å². The quantitative estimate of drug-likeness (QED) is 0.785. The third-order valence-corrected chi connectivity index (χ3v) is 4.80. The zero-order chi connectivity index (χ0) is 13.9. The van der Waals surface area contributed by atoms with Crippen LogP contribution in [0.25, 0.3) is 0 Å². The first kappa shape index (κ1) is 14.2. The van der Waals surface area contributed by atoms with Crippen LogP contribution in [-0.4, -0.2) is 32.5 Å². The Morgan fingerprint density at radius 1 is 1.37 bits per heavy atom. The second kappa shape index (κ2) is 5.85. The lowest BCUT2D eigenvalue weighted by atomic mass is 9.86. The number of aldehydes is 1. The number of hydrogen-bond acceptors (Lipinski definition) is 5. The van der Waals surface area contributed by atoms with Gasteiger partial charge in [-0.15, -0.1) is 0 Å². The number of aliphatic hydroxyl groups excluding tert-OH is 1. The maximum absolute atomic E-state index is 12.1. The normalized spacial score (nSPS) is 24.3. The molecule has 0 radical (unpaired) electrons. The average Bonchev–Trinajstić information content (AvgIpc) is 2.88. The third kappa shape index (κ3) is 3.23. The number of hydrogen-bond donors (Lipinski definition) is 2. The average molecular weight is 287 g/mol. The van der Waals surface area contributed by atoms with Crippen molar-refractivity contribution >= 4 is 16.3 Å². The van der Waals surface area contributed by atoms with Crippen molar-refractivity contribution in [2.75, 3.05) is 6.61 Å². The SMILES string of the molecule is O=Cc1ccc(S(=O)(=O)NC2CCCCC2CO)o1. The molecule has 1 saturated carbocycles. The van der Waals surface area contributed by atoms with Crippen LogP contribution in [0.2, 0.25) is 0 Å². The van der Waals surface area contributed by atoms with E-state index in [1.165, 1.54) is 12.1 Å². The molecule has 0 aliphatic heterocycles. The number of nitrogens with one attached hydrogen (secondary N) is 1. The molecule has 0 bridgehead atoms. The van der Waals surface area contributed by atoms with Crippen molar-refractivity contribution in [3.63, 3.8) is 0 Å². The second-order valence-electron chi connectivity index (χ2n) is 4.73. The van der Waals surface area contributed by atoms with Gasteiger partial charge < -0.3 is 9.52 Å². The lowest BCUT2D eigenvalue weighted by molar-refractivity contribution is 0.109. The Morgan fingerprint density at radius 2 is 2.11 bits per heavy atom.